The molecule has 1 aromatic heterocycles. The Morgan fingerprint density at radius 2 is 2.25 bits per heavy atom. The summed E-state index contributed by atoms with van der Waals surface area (Å²) < 4.78 is 14.5. The molecule has 5 heteroatoms. The van der Waals surface area contributed by atoms with Gasteiger partial charge in [-0.15, -0.1) is 0 Å². The highest BCUT2D eigenvalue weighted by molar-refractivity contribution is 6.31. The van der Waals surface area contributed by atoms with Crippen molar-refractivity contribution < 1.29 is 4.39 Å². The third-order valence-electron chi connectivity index (χ3n) is 2.27. The molecule has 1 aromatic carbocycles. The molecule has 0 amide bonds. The van der Waals surface area contributed by atoms with Crippen molar-refractivity contribution in [2.45, 2.75) is 13.1 Å². The van der Waals surface area contributed by atoms with Gasteiger partial charge in [0.2, 0.25) is 0 Å². The van der Waals surface area contributed by atoms with Gasteiger partial charge < -0.3 is 5.73 Å². The fourth-order valence-electron chi connectivity index (χ4n) is 1.42. The van der Waals surface area contributed by atoms with E-state index in [0.29, 0.717) is 18.1 Å². The molecule has 0 saturated carbocycles. The van der Waals surface area contributed by atoms with Crippen LogP contribution in [-0.2, 0) is 13.1 Å². The number of halogens is 2. The van der Waals surface area contributed by atoms with Gasteiger partial charge in [0, 0.05) is 23.3 Å². The quantitative estimate of drug-likeness (QED) is 0.892. The van der Waals surface area contributed by atoms with E-state index >= 15 is 0 Å². The Hall–Kier alpha value is -1.39. The molecule has 84 valence electrons. The number of aromatic nitrogens is 2. The minimum absolute atomic E-state index is 0.336. The molecule has 0 aliphatic rings. The summed E-state index contributed by atoms with van der Waals surface area (Å²) >= 11 is 5.91. The van der Waals surface area contributed by atoms with Crippen molar-refractivity contribution in [3.63, 3.8) is 0 Å². The normalized spacial score (nSPS) is 10.7. The summed E-state index contributed by atoms with van der Waals surface area (Å²) in [7, 11) is 0. The van der Waals surface area contributed by atoms with Crippen LogP contribution in [0.2, 0.25) is 5.02 Å². The Balaban J connectivity index is 2.20. The van der Waals surface area contributed by atoms with Crippen LogP contribution in [0.25, 0.3) is 0 Å². The molecule has 0 saturated heterocycles. The second-order valence-electron chi connectivity index (χ2n) is 3.49. The van der Waals surface area contributed by atoms with Gasteiger partial charge in [0.15, 0.2) is 0 Å². The van der Waals surface area contributed by atoms with Crippen molar-refractivity contribution in [2.75, 3.05) is 0 Å². The molecular formula is C11H11ClFN3. The smallest absolute Gasteiger partial charge is 0.124 e. The predicted octanol–water partition coefficient (Wildman–Crippen LogP) is 2.18. The van der Waals surface area contributed by atoms with Crippen LogP contribution in [0.5, 0.6) is 0 Å². The van der Waals surface area contributed by atoms with E-state index in [0.717, 1.165) is 11.1 Å². The first-order chi connectivity index (χ1) is 7.69. The van der Waals surface area contributed by atoms with Crippen LogP contribution in [-0.4, -0.2) is 9.78 Å². The number of nitrogens with two attached hydrogens (primary N) is 1. The van der Waals surface area contributed by atoms with Gasteiger partial charge in [0.05, 0.1) is 12.7 Å². The van der Waals surface area contributed by atoms with E-state index in [-0.39, 0.29) is 5.82 Å². The van der Waals surface area contributed by atoms with E-state index in [1.54, 1.807) is 16.9 Å². The zero-order chi connectivity index (χ0) is 11.5. The number of benzene rings is 1. The molecular weight excluding hydrogens is 229 g/mol. The second-order valence-corrected chi connectivity index (χ2v) is 3.89. The monoisotopic (exact) mass is 239 g/mol. The van der Waals surface area contributed by atoms with E-state index in [1.165, 1.54) is 12.1 Å². The predicted molar refractivity (Wildman–Crippen MR) is 60.6 cm³/mol. The highest BCUT2D eigenvalue weighted by Gasteiger charge is 2.04. The second kappa shape index (κ2) is 4.63. The van der Waals surface area contributed by atoms with E-state index in [4.69, 9.17) is 17.3 Å². The molecule has 0 bridgehead atoms. The van der Waals surface area contributed by atoms with Crippen LogP contribution in [0, 0.1) is 5.82 Å². The van der Waals surface area contributed by atoms with Gasteiger partial charge in [-0.2, -0.15) is 5.10 Å². The van der Waals surface area contributed by atoms with E-state index in [2.05, 4.69) is 5.10 Å². The average Bonchev–Trinajstić information content (AvgIpc) is 2.70. The van der Waals surface area contributed by atoms with Crippen molar-refractivity contribution in [1.29, 1.82) is 0 Å². The minimum Gasteiger partial charge on any atom is -0.326 e. The molecule has 0 radical (unpaired) electrons. The summed E-state index contributed by atoms with van der Waals surface area (Å²) in [6.45, 7) is 0.969. The summed E-state index contributed by atoms with van der Waals surface area (Å²) in [5.74, 6) is -0.336. The molecule has 2 rings (SSSR count). The van der Waals surface area contributed by atoms with Gasteiger partial charge in [-0.1, -0.05) is 17.7 Å². The third-order valence-corrected chi connectivity index (χ3v) is 2.62. The summed E-state index contributed by atoms with van der Waals surface area (Å²) in [6, 6.07) is 4.33. The Labute approximate surface area is 97.6 Å². The first kappa shape index (κ1) is 11.1. The van der Waals surface area contributed by atoms with Gasteiger partial charge in [0.1, 0.15) is 5.82 Å². The molecule has 2 N–H and O–H groups in total. The molecule has 0 aliphatic carbocycles. The van der Waals surface area contributed by atoms with Crippen molar-refractivity contribution in [2.24, 2.45) is 5.73 Å². The van der Waals surface area contributed by atoms with Crippen LogP contribution in [0.15, 0.2) is 30.6 Å². The standard InChI is InChI=1S/C11H11ClFN3/c12-11-3-10(13)2-1-9(11)7-16-6-8(4-14)5-15-16/h1-3,5-6H,4,7,14H2. The van der Waals surface area contributed by atoms with E-state index in [9.17, 15) is 4.39 Å². The first-order valence-electron chi connectivity index (χ1n) is 4.84. The lowest BCUT2D eigenvalue weighted by Crippen LogP contribution is -2.01. The zero-order valence-corrected chi connectivity index (χ0v) is 9.28. The fourth-order valence-corrected chi connectivity index (χ4v) is 1.65. The average molecular weight is 240 g/mol. The van der Waals surface area contributed by atoms with Gasteiger partial charge >= 0.3 is 0 Å². The van der Waals surface area contributed by atoms with Crippen molar-refractivity contribution in [1.82, 2.24) is 9.78 Å². The maximum Gasteiger partial charge on any atom is 0.124 e. The van der Waals surface area contributed by atoms with Gasteiger partial charge in [0.25, 0.3) is 0 Å². The van der Waals surface area contributed by atoms with Crippen LogP contribution < -0.4 is 5.73 Å². The fraction of sp³-hybridized carbons (Fsp3) is 0.182. The lowest BCUT2D eigenvalue weighted by atomic mass is 10.2. The van der Waals surface area contributed by atoms with Gasteiger partial charge in [-0.25, -0.2) is 4.39 Å². The molecule has 1 heterocycles. The lowest BCUT2D eigenvalue weighted by Gasteiger charge is -2.04. The largest absolute Gasteiger partial charge is 0.326 e. The first-order valence-corrected chi connectivity index (χ1v) is 5.22. The molecule has 0 aliphatic heterocycles. The van der Waals surface area contributed by atoms with Crippen LogP contribution >= 0.6 is 11.6 Å². The number of rotatable bonds is 3. The Morgan fingerprint density at radius 3 is 2.88 bits per heavy atom. The number of hydrogen-bond acceptors (Lipinski definition) is 2. The molecule has 3 nitrogen and oxygen atoms in total. The van der Waals surface area contributed by atoms with Crippen LogP contribution in [0.4, 0.5) is 4.39 Å². The lowest BCUT2D eigenvalue weighted by molar-refractivity contribution is 0.624. The van der Waals surface area contributed by atoms with Crippen molar-refractivity contribution in [3.8, 4) is 0 Å². The Morgan fingerprint density at radius 1 is 1.44 bits per heavy atom. The summed E-state index contributed by atoms with van der Waals surface area (Å²) in [4.78, 5) is 0. The maximum absolute atomic E-state index is 12.8. The zero-order valence-electron chi connectivity index (χ0n) is 8.53. The van der Waals surface area contributed by atoms with Crippen molar-refractivity contribution >= 4 is 11.6 Å². The van der Waals surface area contributed by atoms with Gasteiger partial charge in [-0.3, -0.25) is 4.68 Å². The minimum atomic E-state index is -0.336. The number of hydrogen-bond donors (Lipinski definition) is 1. The van der Waals surface area contributed by atoms with Crippen LogP contribution in [0.1, 0.15) is 11.1 Å². The summed E-state index contributed by atoms with van der Waals surface area (Å²) in [5.41, 5.74) is 7.26. The molecule has 2 aromatic rings. The molecule has 0 atom stereocenters. The Kier molecular flexibility index (Phi) is 3.22. The maximum atomic E-state index is 12.8. The topological polar surface area (TPSA) is 43.8 Å². The van der Waals surface area contributed by atoms with Gasteiger partial charge in [-0.05, 0) is 17.7 Å². The van der Waals surface area contributed by atoms with E-state index < -0.39 is 0 Å². The molecule has 16 heavy (non-hydrogen) atoms. The molecule has 0 spiro atoms. The highest BCUT2D eigenvalue weighted by Crippen LogP contribution is 2.18. The summed E-state index contributed by atoms with van der Waals surface area (Å²) in [5, 5.41) is 4.54. The van der Waals surface area contributed by atoms with Crippen molar-refractivity contribution in [3.05, 3.63) is 52.6 Å². The third kappa shape index (κ3) is 2.40. The number of nitrogens with zero attached hydrogens (tertiary/aromatic N) is 2. The highest BCUT2D eigenvalue weighted by atomic mass is 35.5. The van der Waals surface area contributed by atoms with Crippen LogP contribution in [0.3, 0.4) is 0 Å². The summed E-state index contributed by atoms with van der Waals surface area (Å²) in [6.07, 6.45) is 3.55. The molecule has 0 fully saturated rings. The van der Waals surface area contributed by atoms with E-state index in [1.807, 2.05) is 6.20 Å². The Bertz CT molecular complexity index is 496. The SMILES string of the molecule is NCc1cnn(Cc2ccc(F)cc2Cl)c1. The molecule has 0 unspecified atom stereocenters.